The first-order valence-electron chi connectivity index (χ1n) is 11.0. The summed E-state index contributed by atoms with van der Waals surface area (Å²) in [5, 5.41) is 3.49. The fourth-order valence-corrected chi connectivity index (χ4v) is 3.55. The van der Waals surface area contributed by atoms with Crippen LogP contribution in [-0.4, -0.2) is 29.3 Å². The van der Waals surface area contributed by atoms with E-state index in [-0.39, 0.29) is 17.2 Å². The number of hydrogen-bond donors (Lipinski definition) is 1. The van der Waals surface area contributed by atoms with Gasteiger partial charge in [-0.3, -0.25) is 9.59 Å². The molecule has 0 saturated carbocycles. The van der Waals surface area contributed by atoms with Crippen molar-refractivity contribution in [2.45, 2.75) is 71.9 Å². The molecule has 168 valence electrons. The predicted octanol–water partition coefficient (Wildman–Crippen LogP) is 5.51. The van der Waals surface area contributed by atoms with Gasteiger partial charge in [-0.15, -0.1) is 0 Å². The molecule has 2 aromatic carbocycles. The Morgan fingerprint density at radius 2 is 1.71 bits per heavy atom. The second kappa shape index (κ2) is 11.3. The van der Waals surface area contributed by atoms with Gasteiger partial charge in [-0.2, -0.15) is 0 Å². The maximum absolute atomic E-state index is 13.2. The van der Waals surface area contributed by atoms with Crippen LogP contribution < -0.4 is 5.32 Å². The number of carbonyl (C=O) groups is 2. The van der Waals surface area contributed by atoms with E-state index in [2.05, 4.69) is 50.4 Å². The highest BCUT2D eigenvalue weighted by molar-refractivity contribution is 6.31. The summed E-state index contributed by atoms with van der Waals surface area (Å²) >= 11 is 6.33. The number of benzene rings is 2. The monoisotopic (exact) mass is 442 g/mol. The van der Waals surface area contributed by atoms with Crippen LogP contribution in [0.3, 0.4) is 0 Å². The van der Waals surface area contributed by atoms with E-state index in [4.69, 9.17) is 11.6 Å². The van der Waals surface area contributed by atoms with Gasteiger partial charge in [0.15, 0.2) is 0 Å². The lowest BCUT2D eigenvalue weighted by atomic mass is 9.86. The second-order valence-electron chi connectivity index (χ2n) is 9.03. The smallest absolute Gasteiger partial charge is 0.242 e. The van der Waals surface area contributed by atoms with Gasteiger partial charge < -0.3 is 10.2 Å². The molecule has 0 radical (unpaired) electrons. The zero-order chi connectivity index (χ0) is 23.0. The van der Waals surface area contributed by atoms with Crippen LogP contribution in [0.4, 0.5) is 0 Å². The van der Waals surface area contributed by atoms with Crippen LogP contribution in [-0.2, 0) is 28.0 Å². The standard InChI is InChI=1S/C26H35ClN2O2/c1-6-17-28-25(31)19(2)29(18-21-9-7-8-10-23(21)27)24(30)16-13-20-11-14-22(15-12-20)26(3,4)5/h7-12,14-15,19H,6,13,16-18H2,1-5H3,(H,28,31)/t19-/m1/s1. The van der Waals surface area contributed by atoms with Crippen molar-refractivity contribution in [2.24, 2.45) is 0 Å². The fourth-order valence-electron chi connectivity index (χ4n) is 3.35. The maximum Gasteiger partial charge on any atom is 0.242 e. The highest BCUT2D eigenvalue weighted by Gasteiger charge is 2.26. The molecular weight excluding hydrogens is 408 g/mol. The predicted molar refractivity (Wildman–Crippen MR) is 128 cm³/mol. The van der Waals surface area contributed by atoms with Crippen LogP contribution >= 0.6 is 11.6 Å². The fraction of sp³-hybridized carbons (Fsp3) is 0.462. The van der Waals surface area contributed by atoms with E-state index in [0.29, 0.717) is 31.0 Å². The van der Waals surface area contributed by atoms with Crippen LogP contribution in [0.15, 0.2) is 48.5 Å². The molecule has 0 heterocycles. The van der Waals surface area contributed by atoms with Crippen molar-refractivity contribution < 1.29 is 9.59 Å². The van der Waals surface area contributed by atoms with Gasteiger partial charge in [-0.1, -0.05) is 81.8 Å². The van der Waals surface area contributed by atoms with Crippen LogP contribution in [0.25, 0.3) is 0 Å². The number of nitrogens with zero attached hydrogens (tertiary/aromatic N) is 1. The molecule has 1 N–H and O–H groups in total. The molecule has 0 aliphatic rings. The zero-order valence-electron chi connectivity index (χ0n) is 19.4. The SMILES string of the molecule is CCCNC(=O)[C@@H](C)N(Cc1ccccc1Cl)C(=O)CCc1ccc(C(C)(C)C)cc1. The number of aryl methyl sites for hydroxylation is 1. The number of carbonyl (C=O) groups excluding carboxylic acids is 2. The lowest BCUT2D eigenvalue weighted by Gasteiger charge is -2.29. The quantitative estimate of drug-likeness (QED) is 0.556. The van der Waals surface area contributed by atoms with E-state index in [9.17, 15) is 9.59 Å². The molecule has 4 nitrogen and oxygen atoms in total. The highest BCUT2D eigenvalue weighted by atomic mass is 35.5. The third kappa shape index (κ3) is 7.39. The normalized spacial score (nSPS) is 12.3. The minimum atomic E-state index is -0.571. The Labute approximate surface area is 192 Å². The van der Waals surface area contributed by atoms with Gasteiger partial charge in [0, 0.05) is 24.5 Å². The average Bonchev–Trinajstić information content (AvgIpc) is 2.74. The summed E-state index contributed by atoms with van der Waals surface area (Å²) in [6, 6.07) is 15.3. The van der Waals surface area contributed by atoms with E-state index in [1.54, 1.807) is 17.9 Å². The molecule has 0 aliphatic carbocycles. The Morgan fingerprint density at radius 3 is 2.29 bits per heavy atom. The molecule has 0 spiro atoms. The number of hydrogen-bond acceptors (Lipinski definition) is 2. The Balaban J connectivity index is 2.13. The highest BCUT2D eigenvalue weighted by Crippen LogP contribution is 2.23. The Kier molecular flexibility index (Phi) is 9.12. The second-order valence-corrected chi connectivity index (χ2v) is 9.43. The lowest BCUT2D eigenvalue weighted by molar-refractivity contribution is -0.140. The first kappa shape index (κ1) is 24.9. The van der Waals surface area contributed by atoms with E-state index < -0.39 is 6.04 Å². The third-order valence-electron chi connectivity index (χ3n) is 5.46. The molecule has 2 amide bonds. The number of nitrogens with one attached hydrogen (secondary N) is 1. The van der Waals surface area contributed by atoms with E-state index in [0.717, 1.165) is 17.5 Å². The zero-order valence-corrected chi connectivity index (χ0v) is 20.1. The molecule has 0 unspecified atom stereocenters. The first-order valence-corrected chi connectivity index (χ1v) is 11.4. The van der Waals surface area contributed by atoms with Crippen molar-refractivity contribution in [3.63, 3.8) is 0 Å². The average molecular weight is 443 g/mol. The van der Waals surface area contributed by atoms with Gasteiger partial charge in [0.2, 0.25) is 11.8 Å². The van der Waals surface area contributed by atoms with Crippen LogP contribution in [0.1, 0.15) is 64.2 Å². The maximum atomic E-state index is 13.2. The molecular formula is C26H35ClN2O2. The number of rotatable bonds is 9. The van der Waals surface area contributed by atoms with Crippen molar-refractivity contribution >= 4 is 23.4 Å². The number of halogens is 1. The van der Waals surface area contributed by atoms with Gasteiger partial charge in [0.1, 0.15) is 6.04 Å². The molecule has 0 aromatic heterocycles. The van der Waals surface area contributed by atoms with Gasteiger partial charge in [0.05, 0.1) is 0 Å². The Hall–Kier alpha value is -2.33. The van der Waals surface area contributed by atoms with Crippen molar-refractivity contribution in [3.8, 4) is 0 Å². The largest absolute Gasteiger partial charge is 0.354 e. The molecule has 0 fully saturated rings. The molecule has 0 saturated heterocycles. The molecule has 31 heavy (non-hydrogen) atoms. The van der Waals surface area contributed by atoms with Gasteiger partial charge >= 0.3 is 0 Å². The summed E-state index contributed by atoms with van der Waals surface area (Å²) in [6.07, 6.45) is 1.82. The summed E-state index contributed by atoms with van der Waals surface area (Å²) < 4.78 is 0. The Bertz CT molecular complexity index is 872. The molecule has 1 atom stereocenters. The minimum absolute atomic E-state index is 0.0565. The van der Waals surface area contributed by atoms with Gasteiger partial charge in [0.25, 0.3) is 0 Å². The van der Waals surface area contributed by atoms with Gasteiger partial charge in [-0.05, 0) is 47.9 Å². The third-order valence-corrected chi connectivity index (χ3v) is 5.83. The summed E-state index contributed by atoms with van der Waals surface area (Å²) in [4.78, 5) is 27.4. The summed E-state index contributed by atoms with van der Waals surface area (Å²) in [5.74, 6) is -0.198. The van der Waals surface area contributed by atoms with E-state index in [1.807, 2.05) is 25.1 Å². The van der Waals surface area contributed by atoms with Crippen LogP contribution in [0, 0.1) is 0 Å². The van der Waals surface area contributed by atoms with Crippen molar-refractivity contribution in [1.29, 1.82) is 0 Å². The van der Waals surface area contributed by atoms with E-state index in [1.165, 1.54) is 5.56 Å². The summed E-state index contributed by atoms with van der Waals surface area (Å²) in [7, 11) is 0. The summed E-state index contributed by atoms with van der Waals surface area (Å²) in [5.41, 5.74) is 3.31. The Morgan fingerprint density at radius 1 is 1.06 bits per heavy atom. The van der Waals surface area contributed by atoms with Crippen molar-refractivity contribution in [1.82, 2.24) is 10.2 Å². The topological polar surface area (TPSA) is 49.4 Å². The van der Waals surface area contributed by atoms with Crippen LogP contribution in [0.2, 0.25) is 5.02 Å². The van der Waals surface area contributed by atoms with Gasteiger partial charge in [-0.25, -0.2) is 0 Å². The van der Waals surface area contributed by atoms with E-state index >= 15 is 0 Å². The minimum Gasteiger partial charge on any atom is -0.354 e. The molecule has 2 aromatic rings. The molecule has 2 rings (SSSR count). The lowest BCUT2D eigenvalue weighted by Crippen LogP contribution is -2.47. The molecule has 0 bridgehead atoms. The summed E-state index contributed by atoms with van der Waals surface area (Å²) in [6.45, 7) is 11.2. The molecule has 0 aliphatic heterocycles. The van der Waals surface area contributed by atoms with Crippen LogP contribution in [0.5, 0.6) is 0 Å². The first-order chi connectivity index (χ1) is 14.6. The number of amides is 2. The van der Waals surface area contributed by atoms with Crippen molar-refractivity contribution in [2.75, 3.05) is 6.54 Å². The molecule has 5 heteroatoms. The van der Waals surface area contributed by atoms with Crippen molar-refractivity contribution in [3.05, 3.63) is 70.2 Å².